The van der Waals surface area contributed by atoms with Gasteiger partial charge < -0.3 is 9.47 Å². The molecule has 3 aromatic rings. The van der Waals surface area contributed by atoms with Crippen molar-refractivity contribution in [1.82, 2.24) is 0 Å². The number of thiophene rings is 1. The number of aryl methyl sites for hydroxylation is 1. The van der Waals surface area contributed by atoms with E-state index in [1.165, 1.54) is 11.6 Å². The zero-order chi connectivity index (χ0) is 28.4. The molecule has 216 valence electrons. The number of fused-ring (bicyclic) bond motifs is 1. The van der Waals surface area contributed by atoms with Gasteiger partial charge in [-0.1, -0.05) is 37.6 Å². The van der Waals surface area contributed by atoms with Gasteiger partial charge in [-0.15, -0.1) is 24.5 Å². The molecule has 9 heteroatoms. The largest absolute Gasteiger partial charge is 0.573 e. The average Bonchev–Trinajstić information content (AvgIpc) is 3.25. The van der Waals surface area contributed by atoms with Crippen LogP contribution in [0.4, 0.5) is 26.3 Å². The van der Waals surface area contributed by atoms with Gasteiger partial charge in [0, 0.05) is 15.0 Å². The molecule has 5 rings (SSSR count). The topological polar surface area (TPSA) is 18.5 Å². The van der Waals surface area contributed by atoms with Gasteiger partial charge in [-0.25, -0.2) is 13.2 Å². The van der Waals surface area contributed by atoms with Crippen LogP contribution in [0, 0.1) is 29.3 Å². The Morgan fingerprint density at radius 1 is 0.950 bits per heavy atom. The van der Waals surface area contributed by atoms with Crippen molar-refractivity contribution >= 4 is 27.5 Å². The second-order valence-corrected chi connectivity index (χ2v) is 12.0. The maximum atomic E-state index is 15.2. The van der Waals surface area contributed by atoms with Gasteiger partial charge in [0.05, 0.1) is 12.7 Å². The fourth-order valence-corrected chi connectivity index (χ4v) is 7.43. The quantitative estimate of drug-likeness (QED) is 0.258. The lowest BCUT2D eigenvalue weighted by Crippen LogP contribution is -2.31. The molecule has 2 heterocycles. The van der Waals surface area contributed by atoms with Crippen molar-refractivity contribution in [3.63, 3.8) is 0 Å². The lowest BCUT2D eigenvalue weighted by atomic mass is 9.73. The van der Waals surface area contributed by atoms with Crippen LogP contribution in [0.5, 0.6) is 5.75 Å². The molecule has 2 aliphatic rings. The second kappa shape index (κ2) is 12.1. The van der Waals surface area contributed by atoms with Gasteiger partial charge in [-0.3, -0.25) is 0 Å². The Balaban J connectivity index is 1.13. The molecule has 2 aromatic carbocycles. The van der Waals surface area contributed by atoms with Crippen LogP contribution in [0.25, 0.3) is 16.2 Å². The average molecular weight is 583 g/mol. The molecule has 2 fully saturated rings. The molecule has 40 heavy (non-hydrogen) atoms. The van der Waals surface area contributed by atoms with Gasteiger partial charge in [0.15, 0.2) is 11.6 Å². The summed E-state index contributed by atoms with van der Waals surface area (Å²) in [6.07, 6.45) is 5.44. The molecule has 2 nitrogen and oxygen atoms in total. The normalized spacial score (nSPS) is 24.2. The number of hydrogen-bond donors (Lipinski definition) is 0. The van der Waals surface area contributed by atoms with Gasteiger partial charge >= 0.3 is 6.36 Å². The Hall–Kier alpha value is -2.52. The SMILES string of the molecule is CCCc1ccc2c(F)c(C3CCC(C4CCC(/C=C/c5cc(F)c(OC(F)(F)F)c(F)c5)OC4)CC3)sc2c1. The maximum Gasteiger partial charge on any atom is 0.573 e. The number of hydrogen-bond acceptors (Lipinski definition) is 3. The molecule has 0 N–H and O–H groups in total. The highest BCUT2D eigenvalue weighted by Crippen LogP contribution is 2.45. The minimum Gasteiger partial charge on any atom is -0.399 e. The lowest BCUT2D eigenvalue weighted by Gasteiger charge is -2.37. The highest BCUT2D eigenvalue weighted by molar-refractivity contribution is 7.19. The summed E-state index contributed by atoms with van der Waals surface area (Å²) in [6, 6.07) is 7.70. The Morgan fingerprint density at radius 3 is 2.27 bits per heavy atom. The molecule has 2 atom stereocenters. The van der Waals surface area contributed by atoms with Crippen molar-refractivity contribution in [2.45, 2.75) is 76.7 Å². The fourth-order valence-electron chi connectivity index (χ4n) is 6.11. The molecule has 1 saturated carbocycles. The summed E-state index contributed by atoms with van der Waals surface area (Å²) in [6.45, 7) is 2.72. The van der Waals surface area contributed by atoms with Crippen LogP contribution < -0.4 is 4.74 Å². The van der Waals surface area contributed by atoms with Gasteiger partial charge in [0.1, 0.15) is 5.82 Å². The van der Waals surface area contributed by atoms with E-state index in [0.717, 1.165) is 78.5 Å². The van der Waals surface area contributed by atoms with Gasteiger partial charge in [0.25, 0.3) is 0 Å². The first-order chi connectivity index (χ1) is 19.1. The van der Waals surface area contributed by atoms with Gasteiger partial charge in [-0.2, -0.15) is 0 Å². The molecule has 0 spiro atoms. The predicted molar refractivity (Wildman–Crippen MR) is 145 cm³/mol. The molecule has 0 bridgehead atoms. The molecule has 0 amide bonds. The van der Waals surface area contributed by atoms with Gasteiger partial charge in [0.2, 0.25) is 5.75 Å². The summed E-state index contributed by atoms with van der Waals surface area (Å²) in [7, 11) is 0. The summed E-state index contributed by atoms with van der Waals surface area (Å²) in [5, 5.41) is 0.734. The minimum absolute atomic E-state index is 0.0515. The third-order valence-corrected chi connectivity index (χ3v) is 9.44. The number of ether oxygens (including phenoxy) is 2. The Morgan fingerprint density at radius 2 is 1.65 bits per heavy atom. The summed E-state index contributed by atoms with van der Waals surface area (Å²) in [5.74, 6) is -3.20. The van der Waals surface area contributed by atoms with Crippen LogP contribution in [0.15, 0.2) is 36.4 Å². The summed E-state index contributed by atoms with van der Waals surface area (Å²) >= 11 is 1.60. The summed E-state index contributed by atoms with van der Waals surface area (Å²) < 4.78 is 90.7. The number of benzene rings is 2. The van der Waals surface area contributed by atoms with Crippen molar-refractivity contribution in [1.29, 1.82) is 0 Å². The molecule has 1 aromatic heterocycles. The van der Waals surface area contributed by atoms with Crippen LogP contribution >= 0.6 is 11.3 Å². The van der Waals surface area contributed by atoms with E-state index in [9.17, 15) is 22.0 Å². The van der Waals surface area contributed by atoms with E-state index in [1.807, 2.05) is 12.1 Å². The molecular weight excluding hydrogens is 550 g/mol. The molecular formula is C31H32F6O2S. The standard InChI is InChI=1S/C31H32F6O2S/c1-2-3-18-5-13-24-27(16-18)40-30(28(24)34)21-8-6-20(7-9-21)22-10-12-23(38-17-22)11-4-19-14-25(32)29(26(33)15-19)39-31(35,36)37/h4-5,11,13-16,20-23H,2-3,6-10,12,17H2,1H3/b11-4+. The third kappa shape index (κ3) is 6.68. The molecule has 1 saturated heterocycles. The second-order valence-electron chi connectivity index (χ2n) is 10.9. The zero-order valence-electron chi connectivity index (χ0n) is 22.2. The monoisotopic (exact) mass is 582 g/mol. The van der Waals surface area contributed by atoms with Crippen LogP contribution in [0.3, 0.4) is 0 Å². The van der Waals surface area contributed by atoms with Crippen molar-refractivity contribution in [3.05, 3.63) is 69.9 Å². The highest BCUT2D eigenvalue weighted by atomic mass is 32.1. The Kier molecular flexibility index (Phi) is 8.80. The lowest BCUT2D eigenvalue weighted by molar-refractivity contribution is -0.276. The Bertz CT molecular complexity index is 1320. The van der Waals surface area contributed by atoms with E-state index in [4.69, 9.17) is 4.74 Å². The maximum absolute atomic E-state index is 15.2. The van der Waals surface area contributed by atoms with E-state index in [0.29, 0.717) is 18.4 Å². The number of rotatable bonds is 7. The van der Waals surface area contributed by atoms with E-state index < -0.39 is 23.7 Å². The van der Waals surface area contributed by atoms with Crippen molar-refractivity contribution < 1.29 is 35.8 Å². The molecule has 0 radical (unpaired) electrons. The van der Waals surface area contributed by atoms with E-state index in [2.05, 4.69) is 17.7 Å². The van der Waals surface area contributed by atoms with Crippen LogP contribution in [0.1, 0.15) is 73.8 Å². The van der Waals surface area contributed by atoms with E-state index >= 15 is 4.39 Å². The predicted octanol–water partition coefficient (Wildman–Crippen LogP) is 9.95. The summed E-state index contributed by atoms with van der Waals surface area (Å²) in [4.78, 5) is 0.887. The fraction of sp³-hybridized carbons (Fsp3) is 0.484. The van der Waals surface area contributed by atoms with Crippen molar-refractivity contribution in [2.75, 3.05) is 6.61 Å². The van der Waals surface area contributed by atoms with Crippen molar-refractivity contribution in [2.24, 2.45) is 11.8 Å². The first-order valence-electron chi connectivity index (χ1n) is 13.9. The van der Waals surface area contributed by atoms with E-state index in [1.54, 1.807) is 17.4 Å². The third-order valence-electron chi connectivity index (χ3n) is 8.15. The first kappa shape index (κ1) is 29.0. The van der Waals surface area contributed by atoms with E-state index in [-0.39, 0.29) is 23.4 Å². The first-order valence-corrected chi connectivity index (χ1v) is 14.7. The minimum atomic E-state index is -5.18. The number of alkyl halides is 3. The number of halogens is 6. The van der Waals surface area contributed by atoms with Crippen LogP contribution in [-0.2, 0) is 11.2 Å². The molecule has 1 aliphatic heterocycles. The van der Waals surface area contributed by atoms with Crippen molar-refractivity contribution in [3.8, 4) is 5.75 Å². The molecule has 1 aliphatic carbocycles. The van der Waals surface area contributed by atoms with Gasteiger partial charge in [-0.05, 0) is 92.0 Å². The highest BCUT2D eigenvalue weighted by Gasteiger charge is 2.35. The van der Waals surface area contributed by atoms with Crippen LogP contribution in [0.2, 0.25) is 0 Å². The molecule has 2 unspecified atom stereocenters. The zero-order valence-corrected chi connectivity index (χ0v) is 23.0. The smallest absolute Gasteiger partial charge is 0.399 e. The summed E-state index contributed by atoms with van der Waals surface area (Å²) in [5.41, 5.74) is 1.34. The Labute approximate surface area is 234 Å². The van der Waals surface area contributed by atoms with Crippen LogP contribution in [-0.4, -0.2) is 19.1 Å².